The SMILES string of the molecule is CC(CC(=O)N(C)CCC(N)C(C)C)C(=O)c1cccc(F)c1. The fourth-order valence-electron chi connectivity index (χ4n) is 2.24. The number of ketones is 1. The quantitative estimate of drug-likeness (QED) is 0.749. The highest BCUT2D eigenvalue weighted by Gasteiger charge is 2.21. The zero-order valence-electron chi connectivity index (χ0n) is 14.4. The van der Waals surface area contributed by atoms with Crippen LogP contribution in [0.15, 0.2) is 24.3 Å². The van der Waals surface area contributed by atoms with Gasteiger partial charge in [-0.1, -0.05) is 32.9 Å². The first-order valence-electron chi connectivity index (χ1n) is 8.01. The molecule has 1 aromatic rings. The number of nitrogens with zero attached hydrogens (tertiary/aromatic N) is 1. The minimum atomic E-state index is -0.481. The molecule has 0 spiro atoms. The highest BCUT2D eigenvalue weighted by Crippen LogP contribution is 2.15. The first-order valence-corrected chi connectivity index (χ1v) is 8.01. The normalized spacial score (nSPS) is 13.7. The fourth-order valence-corrected chi connectivity index (χ4v) is 2.24. The molecule has 0 aliphatic carbocycles. The summed E-state index contributed by atoms with van der Waals surface area (Å²) >= 11 is 0. The molecule has 0 saturated heterocycles. The third-order valence-electron chi connectivity index (χ3n) is 4.12. The summed E-state index contributed by atoms with van der Waals surface area (Å²) in [6, 6.07) is 5.61. The van der Waals surface area contributed by atoms with E-state index in [0.29, 0.717) is 18.0 Å². The lowest BCUT2D eigenvalue weighted by molar-refractivity contribution is -0.130. The van der Waals surface area contributed by atoms with E-state index in [9.17, 15) is 14.0 Å². The van der Waals surface area contributed by atoms with Crippen LogP contribution >= 0.6 is 0 Å². The van der Waals surface area contributed by atoms with Gasteiger partial charge >= 0.3 is 0 Å². The Morgan fingerprint density at radius 1 is 1.26 bits per heavy atom. The molecule has 0 bridgehead atoms. The number of benzene rings is 1. The van der Waals surface area contributed by atoms with Crippen LogP contribution in [0.2, 0.25) is 0 Å². The molecule has 2 N–H and O–H groups in total. The monoisotopic (exact) mass is 322 g/mol. The van der Waals surface area contributed by atoms with E-state index in [1.54, 1.807) is 24.9 Å². The van der Waals surface area contributed by atoms with E-state index in [0.717, 1.165) is 6.42 Å². The number of hydrogen-bond acceptors (Lipinski definition) is 3. The van der Waals surface area contributed by atoms with Gasteiger partial charge in [0.1, 0.15) is 5.82 Å². The van der Waals surface area contributed by atoms with Crippen LogP contribution in [0.3, 0.4) is 0 Å². The van der Waals surface area contributed by atoms with Gasteiger partial charge in [-0.2, -0.15) is 0 Å². The lowest BCUT2D eigenvalue weighted by atomic mass is 9.95. The maximum absolute atomic E-state index is 13.2. The number of hydrogen-bond donors (Lipinski definition) is 1. The second-order valence-corrected chi connectivity index (χ2v) is 6.49. The summed E-state index contributed by atoms with van der Waals surface area (Å²) in [5, 5.41) is 0. The van der Waals surface area contributed by atoms with E-state index in [-0.39, 0.29) is 24.2 Å². The van der Waals surface area contributed by atoms with Crippen molar-refractivity contribution in [3.8, 4) is 0 Å². The van der Waals surface area contributed by atoms with Crippen molar-refractivity contribution in [1.82, 2.24) is 4.90 Å². The first kappa shape index (κ1) is 19.3. The molecule has 0 aliphatic rings. The number of carbonyl (C=O) groups excluding carboxylic acids is 2. The molecule has 0 aromatic heterocycles. The van der Waals surface area contributed by atoms with E-state index in [1.165, 1.54) is 18.2 Å². The number of rotatable bonds is 8. The Labute approximate surface area is 137 Å². The maximum Gasteiger partial charge on any atom is 0.223 e. The van der Waals surface area contributed by atoms with Gasteiger partial charge in [0.25, 0.3) is 0 Å². The predicted octanol–water partition coefficient (Wildman–Crippen LogP) is 2.87. The summed E-state index contributed by atoms with van der Waals surface area (Å²) in [7, 11) is 1.72. The second kappa shape index (κ2) is 8.77. The third-order valence-corrected chi connectivity index (χ3v) is 4.12. The molecule has 0 heterocycles. The third kappa shape index (κ3) is 6.10. The number of nitrogens with two attached hydrogens (primary N) is 1. The predicted molar refractivity (Wildman–Crippen MR) is 89.6 cm³/mol. The topological polar surface area (TPSA) is 63.4 Å². The Balaban J connectivity index is 2.54. The maximum atomic E-state index is 13.2. The Morgan fingerprint density at radius 3 is 2.48 bits per heavy atom. The first-order chi connectivity index (χ1) is 10.7. The zero-order valence-corrected chi connectivity index (χ0v) is 14.4. The molecule has 1 amide bonds. The van der Waals surface area contributed by atoms with Gasteiger partial charge in [-0.05, 0) is 24.5 Å². The molecule has 1 aromatic carbocycles. The van der Waals surface area contributed by atoms with Gasteiger partial charge in [0, 0.05) is 37.5 Å². The van der Waals surface area contributed by atoms with Crippen molar-refractivity contribution in [2.24, 2.45) is 17.6 Å². The van der Waals surface area contributed by atoms with Crippen molar-refractivity contribution in [1.29, 1.82) is 0 Å². The molecule has 0 saturated carbocycles. The molecule has 5 heteroatoms. The molecule has 0 radical (unpaired) electrons. The van der Waals surface area contributed by atoms with Crippen LogP contribution < -0.4 is 5.73 Å². The minimum absolute atomic E-state index is 0.0524. The lowest BCUT2D eigenvalue weighted by Gasteiger charge is -2.22. The highest BCUT2D eigenvalue weighted by atomic mass is 19.1. The lowest BCUT2D eigenvalue weighted by Crippen LogP contribution is -2.35. The summed E-state index contributed by atoms with van der Waals surface area (Å²) in [6.07, 6.45) is 0.842. The zero-order chi connectivity index (χ0) is 17.6. The van der Waals surface area contributed by atoms with Crippen LogP contribution in [-0.4, -0.2) is 36.2 Å². The molecule has 0 fully saturated rings. The van der Waals surface area contributed by atoms with Gasteiger partial charge in [0.2, 0.25) is 5.91 Å². The fraction of sp³-hybridized carbons (Fsp3) is 0.556. The highest BCUT2D eigenvalue weighted by molar-refractivity contribution is 5.99. The van der Waals surface area contributed by atoms with Gasteiger partial charge < -0.3 is 10.6 Å². The van der Waals surface area contributed by atoms with Crippen molar-refractivity contribution in [2.45, 2.75) is 39.7 Å². The second-order valence-electron chi connectivity index (χ2n) is 6.49. The van der Waals surface area contributed by atoms with Crippen molar-refractivity contribution in [3.63, 3.8) is 0 Å². The van der Waals surface area contributed by atoms with Gasteiger partial charge in [-0.3, -0.25) is 9.59 Å². The van der Waals surface area contributed by atoms with Crippen LogP contribution in [0.5, 0.6) is 0 Å². The summed E-state index contributed by atoms with van der Waals surface area (Å²) in [4.78, 5) is 26.1. The average Bonchev–Trinajstić information content (AvgIpc) is 2.50. The van der Waals surface area contributed by atoms with Crippen molar-refractivity contribution < 1.29 is 14.0 Å². The van der Waals surface area contributed by atoms with Crippen molar-refractivity contribution in [2.75, 3.05) is 13.6 Å². The molecule has 2 unspecified atom stereocenters. The van der Waals surface area contributed by atoms with E-state index in [2.05, 4.69) is 0 Å². The number of carbonyl (C=O) groups is 2. The number of amides is 1. The van der Waals surface area contributed by atoms with E-state index in [1.807, 2.05) is 13.8 Å². The van der Waals surface area contributed by atoms with Crippen LogP contribution in [-0.2, 0) is 4.79 Å². The van der Waals surface area contributed by atoms with E-state index >= 15 is 0 Å². The summed E-state index contributed by atoms with van der Waals surface area (Å²) in [5.74, 6) is -0.880. The van der Waals surface area contributed by atoms with Crippen LogP contribution in [0.1, 0.15) is 44.0 Å². The number of halogens is 1. The van der Waals surface area contributed by atoms with Crippen LogP contribution in [0, 0.1) is 17.7 Å². The molecule has 1 rings (SSSR count). The summed E-state index contributed by atoms with van der Waals surface area (Å²) < 4.78 is 13.2. The Morgan fingerprint density at radius 2 is 1.91 bits per heavy atom. The van der Waals surface area contributed by atoms with Gasteiger partial charge in [-0.25, -0.2) is 4.39 Å². The molecule has 4 nitrogen and oxygen atoms in total. The molecular weight excluding hydrogens is 295 g/mol. The van der Waals surface area contributed by atoms with Gasteiger partial charge in [-0.15, -0.1) is 0 Å². The molecular formula is C18H27FN2O2. The standard InChI is InChI=1S/C18H27FN2O2/c1-12(2)16(20)8-9-21(4)17(22)10-13(3)18(23)14-6-5-7-15(19)11-14/h5-7,11-13,16H,8-10,20H2,1-4H3. The molecule has 0 aliphatic heterocycles. The van der Waals surface area contributed by atoms with Crippen LogP contribution in [0.4, 0.5) is 4.39 Å². The molecule has 2 atom stereocenters. The summed E-state index contributed by atoms with van der Waals surface area (Å²) in [5.41, 5.74) is 6.28. The van der Waals surface area contributed by atoms with Crippen LogP contribution in [0.25, 0.3) is 0 Å². The van der Waals surface area contributed by atoms with Crippen molar-refractivity contribution >= 4 is 11.7 Å². The number of Topliss-reactive ketones (excluding diaryl/α,β-unsaturated/α-hetero) is 1. The van der Waals surface area contributed by atoms with Gasteiger partial charge in [0.15, 0.2) is 5.78 Å². The van der Waals surface area contributed by atoms with E-state index in [4.69, 9.17) is 5.73 Å². The molecule has 23 heavy (non-hydrogen) atoms. The largest absolute Gasteiger partial charge is 0.346 e. The average molecular weight is 322 g/mol. The Bertz CT molecular complexity index is 546. The smallest absolute Gasteiger partial charge is 0.223 e. The summed E-state index contributed by atoms with van der Waals surface area (Å²) in [6.45, 7) is 6.36. The van der Waals surface area contributed by atoms with Crippen molar-refractivity contribution in [3.05, 3.63) is 35.6 Å². The van der Waals surface area contributed by atoms with E-state index < -0.39 is 11.7 Å². The minimum Gasteiger partial charge on any atom is -0.346 e. The Hall–Kier alpha value is -1.75. The van der Waals surface area contributed by atoms with Gasteiger partial charge in [0.05, 0.1) is 0 Å². The Kier molecular flexibility index (Phi) is 7.36. The molecule has 128 valence electrons.